The molecular formula is C25H25BrCl2N4O3S. The van der Waals surface area contributed by atoms with Gasteiger partial charge >= 0.3 is 0 Å². The zero-order chi connectivity index (χ0) is 25.7. The third-order valence-corrected chi connectivity index (χ3v) is 9.29. The SMILES string of the molecule is C[C@@]1(Cc2ccc(Br)cc2)C(=O)N(c2cc(Cl)cc(Cl)c2)c2ncc(S(=O)(=O)NC3CCCCC3)n21. The summed E-state index contributed by atoms with van der Waals surface area (Å²) in [5.41, 5.74) is 0.0433. The van der Waals surface area contributed by atoms with Crippen molar-refractivity contribution in [3.63, 3.8) is 0 Å². The van der Waals surface area contributed by atoms with Gasteiger partial charge in [-0.15, -0.1) is 0 Å². The second-order valence-electron chi connectivity index (χ2n) is 9.53. The zero-order valence-electron chi connectivity index (χ0n) is 19.5. The Morgan fingerprint density at radius 3 is 2.36 bits per heavy atom. The highest BCUT2D eigenvalue weighted by Gasteiger charge is 2.52. The van der Waals surface area contributed by atoms with Gasteiger partial charge in [0.05, 0.1) is 11.9 Å². The Labute approximate surface area is 229 Å². The van der Waals surface area contributed by atoms with Gasteiger partial charge in [0, 0.05) is 27.0 Å². The van der Waals surface area contributed by atoms with Crippen LogP contribution in [-0.2, 0) is 26.8 Å². The average Bonchev–Trinajstić information content (AvgIpc) is 3.34. The van der Waals surface area contributed by atoms with Gasteiger partial charge < -0.3 is 0 Å². The number of benzene rings is 2. The van der Waals surface area contributed by atoms with E-state index in [1.807, 2.05) is 24.3 Å². The molecular weight excluding hydrogens is 587 g/mol. The van der Waals surface area contributed by atoms with E-state index in [1.54, 1.807) is 25.1 Å². The minimum atomic E-state index is -3.95. The normalized spacial score (nSPS) is 20.7. The van der Waals surface area contributed by atoms with Crippen molar-refractivity contribution in [2.24, 2.45) is 0 Å². The molecule has 2 heterocycles. The van der Waals surface area contributed by atoms with E-state index in [0.29, 0.717) is 15.7 Å². The molecule has 0 radical (unpaired) electrons. The van der Waals surface area contributed by atoms with E-state index in [9.17, 15) is 13.2 Å². The van der Waals surface area contributed by atoms with Crippen LogP contribution in [0.15, 0.2) is 58.2 Å². The number of imidazole rings is 1. The van der Waals surface area contributed by atoms with Gasteiger partial charge in [0.1, 0.15) is 5.54 Å². The first-order valence-electron chi connectivity index (χ1n) is 11.7. The summed E-state index contributed by atoms with van der Waals surface area (Å²) in [6.45, 7) is 1.74. The number of sulfonamides is 1. The van der Waals surface area contributed by atoms with Gasteiger partial charge in [-0.25, -0.2) is 23.0 Å². The van der Waals surface area contributed by atoms with Crippen LogP contribution in [0.3, 0.4) is 0 Å². The predicted molar refractivity (Wildman–Crippen MR) is 145 cm³/mol. The number of rotatable bonds is 6. The van der Waals surface area contributed by atoms with Gasteiger partial charge in [0.15, 0.2) is 5.03 Å². The molecule has 2 aliphatic rings. The van der Waals surface area contributed by atoms with E-state index >= 15 is 0 Å². The lowest BCUT2D eigenvalue weighted by Gasteiger charge is -2.28. The molecule has 1 amide bonds. The number of carbonyl (C=O) groups is 1. The Kier molecular flexibility index (Phi) is 6.97. The van der Waals surface area contributed by atoms with Gasteiger partial charge in [-0.2, -0.15) is 0 Å². The first kappa shape index (κ1) is 25.7. The first-order chi connectivity index (χ1) is 17.1. The van der Waals surface area contributed by atoms with Crippen LogP contribution in [0.5, 0.6) is 0 Å². The lowest BCUT2D eigenvalue weighted by molar-refractivity contribution is -0.124. The number of hydrogen-bond donors (Lipinski definition) is 1. The smallest absolute Gasteiger partial charge is 0.260 e. The number of nitrogens with zero attached hydrogens (tertiary/aromatic N) is 3. The summed E-state index contributed by atoms with van der Waals surface area (Å²) < 4.78 is 32.5. The summed E-state index contributed by atoms with van der Waals surface area (Å²) in [4.78, 5) is 19.9. The van der Waals surface area contributed by atoms with Crippen molar-refractivity contribution < 1.29 is 13.2 Å². The van der Waals surface area contributed by atoms with Crippen molar-refractivity contribution in [3.8, 4) is 0 Å². The Bertz CT molecular complexity index is 1400. The fraction of sp³-hybridized carbons (Fsp3) is 0.360. The van der Waals surface area contributed by atoms with Crippen LogP contribution in [-0.4, -0.2) is 29.9 Å². The molecule has 1 aliphatic heterocycles. The molecule has 1 aromatic heterocycles. The van der Waals surface area contributed by atoms with Crippen LogP contribution < -0.4 is 9.62 Å². The van der Waals surface area contributed by atoms with Crippen molar-refractivity contribution in [2.45, 2.75) is 62.1 Å². The number of nitrogens with one attached hydrogen (secondary N) is 1. The Morgan fingerprint density at radius 1 is 1.08 bits per heavy atom. The van der Waals surface area contributed by atoms with E-state index in [2.05, 4.69) is 25.6 Å². The van der Waals surface area contributed by atoms with Crippen molar-refractivity contribution in [2.75, 3.05) is 4.90 Å². The molecule has 0 unspecified atom stereocenters. The highest BCUT2D eigenvalue weighted by molar-refractivity contribution is 9.10. The fourth-order valence-corrected chi connectivity index (χ4v) is 7.41. The number of carbonyl (C=O) groups excluding carboxylic acids is 1. The minimum absolute atomic E-state index is 0.0355. The van der Waals surface area contributed by atoms with Crippen molar-refractivity contribution in [1.82, 2.24) is 14.3 Å². The van der Waals surface area contributed by atoms with Gasteiger partial charge in [-0.05, 0) is 55.7 Å². The second-order valence-corrected chi connectivity index (χ2v) is 13.0. The van der Waals surface area contributed by atoms with Crippen LogP contribution >= 0.6 is 39.1 Å². The molecule has 0 spiro atoms. The third-order valence-electron chi connectivity index (χ3n) is 6.84. The molecule has 5 rings (SSSR count). The van der Waals surface area contributed by atoms with E-state index in [4.69, 9.17) is 23.2 Å². The van der Waals surface area contributed by atoms with Gasteiger partial charge in [-0.1, -0.05) is 70.5 Å². The Morgan fingerprint density at radius 2 is 1.72 bits per heavy atom. The highest BCUT2D eigenvalue weighted by Crippen LogP contribution is 2.44. The zero-order valence-corrected chi connectivity index (χ0v) is 23.5. The maximum atomic E-state index is 14.1. The lowest BCUT2D eigenvalue weighted by Crippen LogP contribution is -2.43. The molecule has 190 valence electrons. The molecule has 1 fully saturated rings. The first-order valence-corrected chi connectivity index (χ1v) is 14.8. The van der Waals surface area contributed by atoms with E-state index in [-0.39, 0.29) is 29.3 Å². The molecule has 7 nitrogen and oxygen atoms in total. The molecule has 0 saturated heterocycles. The van der Waals surface area contributed by atoms with Crippen molar-refractivity contribution >= 4 is 66.7 Å². The monoisotopic (exact) mass is 610 g/mol. The molecule has 0 bridgehead atoms. The van der Waals surface area contributed by atoms with E-state index in [1.165, 1.54) is 15.7 Å². The van der Waals surface area contributed by atoms with E-state index < -0.39 is 15.6 Å². The number of aromatic nitrogens is 2. The molecule has 2 aromatic carbocycles. The summed E-state index contributed by atoms with van der Waals surface area (Å²) in [5, 5.41) is 0.681. The van der Waals surface area contributed by atoms with Gasteiger partial charge in [0.25, 0.3) is 15.9 Å². The average molecular weight is 612 g/mol. The summed E-state index contributed by atoms with van der Waals surface area (Å²) in [7, 11) is -3.95. The van der Waals surface area contributed by atoms with Crippen molar-refractivity contribution in [1.29, 1.82) is 0 Å². The number of fused-ring (bicyclic) bond motifs is 1. The van der Waals surface area contributed by atoms with Gasteiger partial charge in [0.2, 0.25) is 5.95 Å². The summed E-state index contributed by atoms with van der Waals surface area (Å²) in [6, 6.07) is 12.3. The topological polar surface area (TPSA) is 84.3 Å². The number of halogens is 3. The van der Waals surface area contributed by atoms with Crippen LogP contribution in [0.1, 0.15) is 44.6 Å². The molecule has 36 heavy (non-hydrogen) atoms. The lowest BCUT2D eigenvalue weighted by atomic mass is 9.92. The Hall–Kier alpha value is -1.91. The number of amides is 1. The third kappa shape index (κ3) is 4.72. The van der Waals surface area contributed by atoms with Crippen LogP contribution in [0, 0.1) is 0 Å². The highest BCUT2D eigenvalue weighted by atomic mass is 79.9. The maximum absolute atomic E-state index is 14.1. The van der Waals surface area contributed by atoms with Crippen molar-refractivity contribution in [3.05, 3.63) is 68.7 Å². The molecule has 1 saturated carbocycles. The molecule has 11 heteroatoms. The van der Waals surface area contributed by atoms with Gasteiger partial charge in [-0.3, -0.25) is 9.36 Å². The Balaban J connectivity index is 1.63. The predicted octanol–water partition coefficient (Wildman–Crippen LogP) is 6.20. The van der Waals surface area contributed by atoms with Crippen LogP contribution in [0.25, 0.3) is 0 Å². The second kappa shape index (κ2) is 9.76. The van der Waals surface area contributed by atoms with Crippen LogP contribution in [0.4, 0.5) is 11.6 Å². The quantitative estimate of drug-likeness (QED) is 0.360. The fourth-order valence-electron chi connectivity index (χ4n) is 5.12. The standard InChI is InChI=1S/C25H25BrCl2N4O3S/c1-25(14-16-7-9-17(26)10-8-16)23(33)31(21-12-18(27)11-19(28)13-21)24-29-15-22(32(24)25)36(34,35)30-20-5-3-2-4-6-20/h7-13,15,20,30H,2-6,14H2,1H3/t25-/m1/s1. The summed E-state index contributed by atoms with van der Waals surface area (Å²) in [5.74, 6) is -0.108. The largest absolute Gasteiger partial charge is 0.284 e. The molecule has 1 N–H and O–H groups in total. The number of hydrogen-bond acceptors (Lipinski definition) is 4. The summed E-state index contributed by atoms with van der Waals surface area (Å²) in [6.07, 6.45) is 6.26. The number of anilines is 2. The molecule has 3 aromatic rings. The minimum Gasteiger partial charge on any atom is -0.284 e. The maximum Gasteiger partial charge on any atom is 0.260 e. The molecule has 1 atom stereocenters. The van der Waals surface area contributed by atoms with Crippen LogP contribution in [0.2, 0.25) is 10.0 Å². The van der Waals surface area contributed by atoms with E-state index in [0.717, 1.165) is 42.1 Å². The molecule has 1 aliphatic carbocycles. The summed E-state index contributed by atoms with van der Waals surface area (Å²) >= 11 is 15.9.